The van der Waals surface area contributed by atoms with Crippen LogP contribution in [-0.4, -0.2) is 37.7 Å². The van der Waals surface area contributed by atoms with Gasteiger partial charge in [0.2, 0.25) is 12.0 Å². The van der Waals surface area contributed by atoms with Gasteiger partial charge in [0.1, 0.15) is 0 Å². The Bertz CT molecular complexity index is 917. The fraction of sp³-hybridized carbons (Fsp3) is 0.375. The summed E-state index contributed by atoms with van der Waals surface area (Å²) in [5.41, 5.74) is 6.29. The predicted molar refractivity (Wildman–Crippen MR) is 110 cm³/mol. The van der Waals surface area contributed by atoms with Gasteiger partial charge in [0, 0.05) is 26.1 Å². The summed E-state index contributed by atoms with van der Waals surface area (Å²) in [5, 5.41) is 9.47. The maximum atomic E-state index is 11.6. The molecule has 0 radical (unpaired) electrons. The number of unbranched alkanes of at least 4 members (excludes halogenated alkanes) is 1. The molecule has 1 aliphatic carbocycles. The fourth-order valence-corrected chi connectivity index (χ4v) is 4.10. The van der Waals surface area contributed by atoms with Crippen molar-refractivity contribution in [3.05, 3.63) is 71.0 Å². The van der Waals surface area contributed by atoms with Crippen molar-refractivity contribution in [1.29, 1.82) is 0 Å². The molecule has 0 saturated carbocycles. The number of aliphatic carboxylic acids is 1. The number of fused-ring (bicyclic) bond motifs is 3. The van der Waals surface area contributed by atoms with Crippen LogP contribution in [0.5, 0.6) is 0 Å². The molecule has 2 aliphatic rings. The molecule has 0 aromatic heterocycles. The van der Waals surface area contributed by atoms with E-state index >= 15 is 0 Å². The normalized spacial score (nSPS) is 19.8. The molecule has 5 nitrogen and oxygen atoms in total. The number of rotatable bonds is 8. The highest BCUT2D eigenvalue weighted by molar-refractivity contribution is 5.84. The number of methoxy groups -OCH3 is 1. The first-order chi connectivity index (χ1) is 14.2. The lowest BCUT2D eigenvalue weighted by atomic mass is 9.90. The second kappa shape index (κ2) is 8.80. The summed E-state index contributed by atoms with van der Waals surface area (Å²) < 4.78 is 16.4. The van der Waals surface area contributed by atoms with Gasteiger partial charge in [-0.3, -0.25) is 0 Å². The number of ether oxygens (including phenoxy) is 3. The van der Waals surface area contributed by atoms with Crippen LogP contribution in [0.2, 0.25) is 0 Å². The zero-order chi connectivity index (χ0) is 20.2. The van der Waals surface area contributed by atoms with Gasteiger partial charge in [-0.25, -0.2) is 4.79 Å². The lowest BCUT2D eigenvalue weighted by molar-refractivity contribution is -0.157. The van der Waals surface area contributed by atoms with Crippen molar-refractivity contribution in [2.45, 2.75) is 37.9 Å². The van der Waals surface area contributed by atoms with Gasteiger partial charge in [-0.15, -0.1) is 0 Å². The highest BCUT2D eigenvalue weighted by Gasteiger charge is 2.29. The van der Waals surface area contributed by atoms with E-state index in [-0.39, 0.29) is 11.7 Å². The number of hydrogen-bond acceptors (Lipinski definition) is 4. The molecular weight excluding hydrogens is 368 g/mol. The van der Waals surface area contributed by atoms with E-state index in [2.05, 4.69) is 42.5 Å². The Morgan fingerprint density at radius 2 is 1.90 bits per heavy atom. The summed E-state index contributed by atoms with van der Waals surface area (Å²) >= 11 is 0. The van der Waals surface area contributed by atoms with Crippen LogP contribution < -0.4 is 0 Å². The largest absolute Gasteiger partial charge is 0.475 e. The molecule has 0 fully saturated rings. The predicted octanol–water partition coefficient (Wildman–Crippen LogP) is 4.50. The number of benzene rings is 2. The molecule has 0 spiro atoms. The molecule has 5 heteroatoms. The van der Waals surface area contributed by atoms with Crippen LogP contribution in [0.4, 0.5) is 0 Å². The molecule has 2 aromatic carbocycles. The van der Waals surface area contributed by atoms with E-state index < -0.39 is 12.3 Å². The third-order valence-corrected chi connectivity index (χ3v) is 5.56. The molecule has 0 unspecified atom stereocenters. The maximum absolute atomic E-state index is 11.6. The van der Waals surface area contributed by atoms with Crippen LogP contribution in [-0.2, 0) is 25.4 Å². The minimum absolute atomic E-state index is 0.0353. The van der Waals surface area contributed by atoms with Gasteiger partial charge >= 0.3 is 5.97 Å². The summed E-state index contributed by atoms with van der Waals surface area (Å²) in [6.07, 6.45) is 4.42. The smallest absolute Gasteiger partial charge is 0.370 e. The van der Waals surface area contributed by atoms with Crippen molar-refractivity contribution < 1.29 is 24.1 Å². The zero-order valence-electron chi connectivity index (χ0n) is 16.6. The van der Waals surface area contributed by atoms with Crippen LogP contribution in [0.1, 0.15) is 41.9 Å². The van der Waals surface area contributed by atoms with Crippen LogP contribution in [0.3, 0.4) is 0 Å². The van der Waals surface area contributed by atoms with Gasteiger partial charge in [0.25, 0.3) is 0 Å². The summed E-state index contributed by atoms with van der Waals surface area (Å²) in [6, 6.07) is 14.9. The average molecular weight is 394 g/mol. The van der Waals surface area contributed by atoms with E-state index in [0.717, 1.165) is 24.8 Å². The Morgan fingerprint density at radius 1 is 1.10 bits per heavy atom. The number of hydrogen-bond donors (Lipinski definition) is 1. The van der Waals surface area contributed by atoms with Crippen LogP contribution in [0.15, 0.2) is 54.3 Å². The molecule has 1 heterocycles. The van der Waals surface area contributed by atoms with Crippen LogP contribution in [0.25, 0.3) is 11.1 Å². The fourth-order valence-electron chi connectivity index (χ4n) is 4.10. The second-order valence-corrected chi connectivity index (χ2v) is 7.55. The first kappa shape index (κ1) is 19.7. The Balaban J connectivity index is 1.50. The van der Waals surface area contributed by atoms with Gasteiger partial charge in [-0.1, -0.05) is 42.5 Å². The SMILES string of the molecule is COCCCCO[C@H]1C[C@@H](c2ccc3c(c2)Cc2ccccc2-3)C=C(C(=O)O)O1. The lowest BCUT2D eigenvalue weighted by Crippen LogP contribution is -2.27. The number of carboxylic acid groups (broad SMARTS) is 1. The third-order valence-electron chi connectivity index (χ3n) is 5.56. The highest BCUT2D eigenvalue weighted by Crippen LogP contribution is 2.39. The second-order valence-electron chi connectivity index (χ2n) is 7.55. The van der Waals surface area contributed by atoms with E-state index in [9.17, 15) is 9.90 Å². The molecule has 2 atom stereocenters. The highest BCUT2D eigenvalue weighted by atomic mass is 16.7. The van der Waals surface area contributed by atoms with E-state index in [1.165, 1.54) is 22.3 Å². The first-order valence-electron chi connectivity index (χ1n) is 10.1. The van der Waals surface area contributed by atoms with Gasteiger partial charge in [0.05, 0.1) is 6.61 Å². The van der Waals surface area contributed by atoms with Crippen LogP contribution in [0, 0.1) is 0 Å². The topological polar surface area (TPSA) is 65.0 Å². The van der Waals surface area contributed by atoms with E-state index in [1.807, 2.05) is 0 Å². The standard InChI is InChI=1S/C24H26O5/c1-27-10-4-5-11-28-23-15-18(14-22(29-23)24(25)26)16-8-9-21-19(12-16)13-17-6-2-3-7-20(17)21/h2-3,6-9,12,14,18,23H,4-5,10-11,13,15H2,1H3,(H,25,26)/t18-,23+/m0/s1. The molecule has 1 aliphatic heterocycles. The minimum atomic E-state index is -1.06. The molecule has 1 N–H and O–H groups in total. The van der Waals surface area contributed by atoms with E-state index in [0.29, 0.717) is 19.6 Å². The maximum Gasteiger partial charge on any atom is 0.370 e. The molecule has 0 saturated heterocycles. The third kappa shape index (κ3) is 4.36. The molecule has 0 bridgehead atoms. The van der Waals surface area contributed by atoms with Gasteiger partial charge in [-0.2, -0.15) is 0 Å². The van der Waals surface area contributed by atoms with E-state index in [1.54, 1.807) is 13.2 Å². The number of carboxylic acids is 1. The van der Waals surface area contributed by atoms with Crippen molar-refractivity contribution in [2.75, 3.05) is 20.3 Å². The van der Waals surface area contributed by atoms with Gasteiger partial charge in [0.15, 0.2) is 0 Å². The Hall–Kier alpha value is -2.63. The lowest BCUT2D eigenvalue weighted by Gasteiger charge is -2.28. The molecule has 0 amide bonds. The monoisotopic (exact) mass is 394 g/mol. The van der Waals surface area contributed by atoms with Crippen molar-refractivity contribution >= 4 is 5.97 Å². The quantitative estimate of drug-likeness (QED) is 0.570. The Morgan fingerprint density at radius 3 is 2.72 bits per heavy atom. The van der Waals surface area contributed by atoms with Crippen molar-refractivity contribution in [3.8, 4) is 11.1 Å². The van der Waals surface area contributed by atoms with E-state index in [4.69, 9.17) is 14.2 Å². The molecule has 152 valence electrons. The van der Waals surface area contributed by atoms with Crippen molar-refractivity contribution in [1.82, 2.24) is 0 Å². The summed E-state index contributed by atoms with van der Waals surface area (Å²) in [5.74, 6) is -1.14. The average Bonchev–Trinajstić information content (AvgIpc) is 3.11. The minimum Gasteiger partial charge on any atom is -0.475 e. The van der Waals surface area contributed by atoms with Crippen molar-refractivity contribution in [2.24, 2.45) is 0 Å². The Kier molecular flexibility index (Phi) is 5.97. The van der Waals surface area contributed by atoms with Gasteiger partial charge < -0.3 is 19.3 Å². The molecule has 4 rings (SSSR count). The Labute approximate surface area is 170 Å². The molecule has 2 aromatic rings. The number of allylic oxidation sites excluding steroid dienone is 1. The first-order valence-corrected chi connectivity index (χ1v) is 10.1. The van der Waals surface area contributed by atoms with Crippen molar-refractivity contribution in [3.63, 3.8) is 0 Å². The summed E-state index contributed by atoms with van der Waals surface area (Å²) in [6.45, 7) is 1.21. The molecule has 29 heavy (non-hydrogen) atoms. The van der Waals surface area contributed by atoms with Gasteiger partial charge in [-0.05, 0) is 53.2 Å². The molecular formula is C24H26O5. The summed E-state index contributed by atoms with van der Waals surface area (Å²) in [4.78, 5) is 11.6. The summed E-state index contributed by atoms with van der Waals surface area (Å²) in [7, 11) is 1.68. The zero-order valence-corrected chi connectivity index (χ0v) is 16.6. The van der Waals surface area contributed by atoms with Crippen LogP contribution >= 0.6 is 0 Å². The number of carbonyl (C=O) groups is 1.